The lowest BCUT2D eigenvalue weighted by Gasteiger charge is -2.22. The number of fused-ring (bicyclic) bond motifs is 8. The Bertz CT molecular complexity index is 2530. The Hall–Kier alpha value is -5.52. The van der Waals surface area contributed by atoms with Gasteiger partial charge in [0.25, 0.3) is 0 Å². The Balaban J connectivity index is 1.16. The van der Waals surface area contributed by atoms with Crippen LogP contribution in [0.4, 0.5) is 0 Å². The smallest absolute Gasteiger partial charge is 0.227 e. The van der Waals surface area contributed by atoms with Crippen LogP contribution in [0.2, 0.25) is 0 Å². The standard InChI is InChI=1S/C41H26N2O2S/c1-41(2)31-20-23(15-16-27(31)29-21-30-28-9-3-8-14-37(28)46-38(30)22-32(29)41)24-17-25(39-42-33-10-4-6-12-35(33)44-39)19-26(18-24)40-43-34-11-5-7-13-36(34)45-40/h3-22H,1-2H3. The quantitative estimate of drug-likeness (QED) is 0.200. The molecule has 10 rings (SSSR count). The fourth-order valence-corrected chi connectivity index (χ4v) is 8.29. The molecule has 0 saturated carbocycles. The van der Waals surface area contributed by atoms with Crippen LogP contribution in [0, 0.1) is 0 Å². The van der Waals surface area contributed by atoms with Crippen LogP contribution >= 0.6 is 11.3 Å². The summed E-state index contributed by atoms with van der Waals surface area (Å²) >= 11 is 1.88. The third-order valence-electron chi connectivity index (χ3n) is 9.52. The van der Waals surface area contributed by atoms with Gasteiger partial charge in [-0.15, -0.1) is 11.3 Å². The molecular weight excluding hydrogens is 585 g/mol. The van der Waals surface area contributed by atoms with Crippen LogP contribution < -0.4 is 0 Å². The van der Waals surface area contributed by atoms with Crippen molar-refractivity contribution in [3.63, 3.8) is 0 Å². The van der Waals surface area contributed by atoms with Crippen LogP contribution in [-0.4, -0.2) is 9.97 Å². The Morgan fingerprint density at radius 3 is 1.80 bits per heavy atom. The van der Waals surface area contributed by atoms with Crippen molar-refractivity contribution in [2.24, 2.45) is 0 Å². The van der Waals surface area contributed by atoms with E-state index in [-0.39, 0.29) is 5.41 Å². The van der Waals surface area contributed by atoms with Crippen molar-refractivity contribution in [3.8, 4) is 45.2 Å². The van der Waals surface area contributed by atoms with Gasteiger partial charge in [0.1, 0.15) is 11.0 Å². The molecule has 0 spiro atoms. The Morgan fingerprint density at radius 2 is 1.11 bits per heavy atom. The molecule has 0 N–H and O–H groups in total. The average Bonchev–Trinajstić information content (AvgIpc) is 3.85. The van der Waals surface area contributed by atoms with Crippen molar-refractivity contribution in [2.75, 3.05) is 0 Å². The van der Waals surface area contributed by atoms with Gasteiger partial charge in [-0.3, -0.25) is 0 Å². The van der Waals surface area contributed by atoms with Crippen molar-refractivity contribution < 1.29 is 8.83 Å². The molecule has 3 heterocycles. The van der Waals surface area contributed by atoms with Crippen molar-refractivity contribution in [1.29, 1.82) is 0 Å². The molecule has 1 aliphatic rings. The number of hydrogen-bond acceptors (Lipinski definition) is 5. The number of nitrogens with zero attached hydrogens (tertiary/aromatic N) is 2. The summed E-state index contributed by atoms with van der Waals surface area (Å²) in [6, 6.07) is 42.6. The lowest BCUT2D eigenvalue weighted by molar-refractivity contribution is 0.617. The predicted molar refractivity (Wildman–Crippen MR) is 188 cm³/mol. The second-order valence-electron chi connectivity index (χ2n) is 12.7. The van der Waals surface area contributed by atoms with Gasteiger partial charge in [0.05, 0.1) is 0 Å². The number of hydrogen-bond donors (Lipinski definition) is 0. The second kappa shape index (κ2) is 9.25. The zero-order valence-electron chi connectivity index (χ0n) is 25.2. The summed E-state index contributed by atoms with van der Waals surface area (Å²) < 4.78 is 15.2. The van der Waals surface area contributed by atoms with Crippen molar-refractivity contribution in [1.82, 2.24) is 9.97 Å². The topological polar surface area (TPSA) is 52.1 Å². The summed E-state index contributed by atoms with van der Waals surface area (Å²) in [4.78, 5) is 9.66. The molecule has 0 fully saturated rings. The molecule has 0 atom stereocenters. The maximum Gasteiger partial charge on any atom is 0.227 e. The lowest BCUT2D eigenvalue weighted by atomic mass is 9.81. The third kappa shape index (κ3) is 3.72. The van der Waals surface area contributed by atoms with Gasteiger partial charge in [0.15, 0.2) is 11.2 Å². The summed E-state index contributed by atoms with van der Waals surface area (Å²) in [7, 11) is 0. The number of oxazole rings is 2. The van der Waals surface area contributed by atoms with Crippen LogP contribution in [0.5, 0.6) is 0 Å². The number of para-hydroxylation sites is 4. The monoisotopic (exact) mass is 610 g/mol. The van der Waals surface area contributed by atoms with E-state index >= 15 is 0 Å². The van der Waals surface area contributed by atoms with Crippen LogP contribution in [0.25, 0.3) is 87.5 Å². The molecule has 0 amide bonds. The van der Waals surface area contributed by atoms with E-state index < -0.39 is 0 Å². The molecule has 5 heteroatoms. The minimum Gasteiger partial charge on any atom is -0.436 e. The van der Waals surface area contributed by atoms with E-state index in [2.05, 4.69) is 86.6 Å². The van der Waals surface area contributed by atoms with Crippen LogP contribution in [0.1, 0.15) is 25.0 Å². The maximum absolute atomic E-state index is 6.24. The van der Waals surface area contributed by atoms with E-state index in [1.807, 2.05) is 59.9 Å². The zero-order chi connectivity index (χ0) is 30.6. The fourth-order valence-electron chi connectivity index (χ4n) is 7.16. The number of benzene rings is 6. The highest BCUT2D eigenvalue weighted by Crippen LogP contribution is 2.52. The van der Waals surface area contributed by atoms with Gasteiger partial charge in [0.2, 0.25) is 11.8 Å². The molecule has 1 aliphatic carbocycles. The van der Waals surface area contributed by atoms with E-state index in [0.29, 0.717) is 11.8 Å². The van der Waals surface area contributed by atoms with E-state index in [4.69, 9.17) is 18.8 Å². The number of thiophene rings is 1. The number of rotatable bonds is 3. The molecule has 46 heavy (non-hydrogen) atoms. The molecule has 0 saturated heterocycles. The van der Waals surface area contributed by atoms with Gasteiger partial charge in [-0.05, 0) is 100 Å². The molecule has 4 nitrogen and oxygen atoms in total. The number of aromatic nitrogens is 2. The summed E-state index contributed by atoms with van der Waals surface area (Å²) in [5, 5.41) is 2.66. The Kier molecular flexibility index (Phi) is 5.18. The van der Waals surface area contributed by atoms with Gasteiger partial charge >= 0.3 is 0 Å². The molecule has 9 aromatic rings. The normalized spacial score (nSPS) is 13.6. The van der Waals surface area contributed by atoms with Crippen LogP contribution in [-0.2, 0) is 5.41 Å². The predicted octanol–water partition coefficient (Wildman–Crippen LogP) is 11.6. The molecule has 0 aliphatic heterocycles. The maximum atomic E-state index is 6.24. The van der Waals surface area contributed by atoms with Gasteiger partial charge < -0.3 is 8.83 Å². The first-order chi connectivity index (χ1) is 22.5. The highest BCUT2D eigenvalue weighted by molar-refractivity contribution is 7.25. The average molecular weight is 611 g/mol. The van der Waals surface area contributed by atoms with Crippen LogP contribution in [0.3, 0.4) is 0 Å². The highest BCUT2D eigenvalue weighted by Gasteiger charge is 2.36. The molecule has 218 valence electrons. The lowest BCUT2D eigenvalue weighted by Crippen LogP contribution is -2.14. The van der Waals surface area contributed by atoms with Gasteiger partial charge in [-0.2, -0.15) is 0 Å². The Morgan fingerprint density at radius 1 is 0.500 bits per heavy atom. The van der Waals surface area contributed by atoms with Crippen LogP contribution in [0.15, 0.2) is 130 Å². The zero-order valence-corrected chi connectivity index (χ0v) is 26.0. The fraction of sp³-hybridized carbons (Fsp3) is 0.0732. The van der Waals surface area contributed by atoms with Crippen molar-refractivity contribution >= 4 is 53.7 Å². The second-order valence-corrected chi connectivity index (χ2v) is 13.7. The SMILES string of the molecule is CC1(C)c2cc(-c3cc(-c4nc5ccccc5o4)cc(-c4nc5ccccc5o4)c3)ccc2-c2cc3c(cc21)sc1ccccc13. The van der Waals surface area contributed by atoms with E-state index in [1.54, 1.807) is 0 Å². The Labute approximate surface area is 268 Å². The summed E-state index contributed by atoms with van der Waals surface area (Å²) in [6.07, 6.45) is 0. The largest absolute Gasteiger partial charge is 0.436 e. The summed E-state index contributed by atoms with van der Waals surface area (Å²) in [5.74, 6) is 1.14. The minimum absolute atomic E-state index is 0.147. The third-order valence-corrected chi connectivity index (χ3v) is 10.7. The molecule has 0 bridgehead atoms. The first-order valence-electron chi connectivity index (χ1n) is 15.5. The summed E-state index contributed by atoms with van der Waals surface area (Å²) in [5.41, 5.74) is 12.3. The highest BCUT2D eigenvalue weighted by atomic mass is 32.1. The molecule has 0 unspecified atom stereocenters. The minimum atomic E-state index is -0.147. The molecular formula is C41H26N2O2S. The van der Waals surface area contributed by atoms with E-state index in [0.717, 1.165) is 44.5 Å². The van der Waals surface area contributed by atoms with E-state index in [9.17, 15) is 0 Å². The van der Waals surface area contributed by atoms with E-state index in [1.165, 1.54) is 42.4 Å². The molecule has 0 radical (unpaired) electrons. The van der Waals surface area contributed by atoms with Gasteiger partial charge in [0, 0.05) is 36.7 Å². The first-order valence-corrected chi connectivity index (χ1v) is 16.3. The molecule has 3 aromatic heterocycles. The molecule has 6 aromatic carbocycles. The van der Waals surface area contributed by atoms with Crippen molar-refractivity contribution in [3.05, 3.63) is 132 Å². The van der Waals surface area contributed by atoms with Gasteiger partial charge in [-0.25, -0.2) is 9.97 Å². The first kappa shape index (κ1) is 25.8. The summed E-state index contributed by atoms with van der Waals surface area (Å²) in [6.45, 7) is 4.69. The van der Waals surface area contributed by atoms with Crippen molar-refractivity contribution in [2.45, 2.75) is 19.3 Å². The van der Waals surface area contributed by atoms with Gasteiger partial charge in [-0.1, -0.05) is 68.4 Å².